The molecule has 74 valence electrons. The average Bonchev–Trinajstić information content (AvgIpc) is 2.26. The van der Waals surface area contributed by atoms with Crippen molar-refractivity contribution in [2.24, 2.45) is 0 Å². The molecule has 14 heavy (non-hydrogen) atoms. The first-order valence-electron chi connectivity index (χ1n) is 5.20. The summed E-state index contributed by atoms with van der Waals surface area (Å²) in [5.41, 5.74) is 3.97. The normalized spacial score (nSPS) is 12.4. The highest BCUT2D eigenvalue weighted by atomic mass is 14.0. The lowest BCUT2D eigenvalue weighted by molar-refractivity contribution is 1.14. The van der Waals surface area contributed by atoms with Gasteiger partial charge in [0, 0.05) is 0 Å². The van der Waals surface area contributed by atoms with E-state index in [0.717, 1.165) is 6.42 Å². The van der Waals surface area contributed by atoms with Crippen LogP contribution in [0.25, 0.3) is 5.57 Å². The number of hydrogen-bond acceptors (Lipinski definition) is 0. The van der Waals surface area contributed by atoms with E-state index in [1.54, 1.807) is 0 Å². The first-order valence-corrected chi connectivity index (χ1v) is 5.20. The molecule has 0 aromatic heterocycles. The summed E-state index contributed by atoms with van der Waals surface area (Å²) in [5.74, 6) is 0. The highest BCUT2D eigenvalue weighted by molar-refractivity contribution is 5.73. The van der Waals surface area contributed by atoms with Gasteiger partial charge in [0.15, 0.2) is 0 Å². The first-order chi connectivity index (χ1) is 6.81. The minimum absolute atomic E-state index is 1.11. The van der Waals surface area contributed by atoms with Crippen molar-refractivity contribution in [3.8, 4) is 0 Å². The summed E-state index contributed by atoms with van der Waals surface area (Å²) in [5, 5.41) is 0. The van der Waals surface area contributed by atoms with Crippen molar-refractivity contribution in [3.05, 3.63) is 53.6 Å². The zero-order valence-corrected chi connectivity index (χ0v) is 9.25. The highest BCUT2D eigenvalue weighted by Crippen LogP contribution is 2.16. The number of rotatable bonds is 3. The van der Waals surface area contributed by atoms with Crippen molar-refractivity contribution in [3.63, 3.8) is 0 Å². The molecule has 0 aliphatic carbocycles. The van der Waals surface area contributed by atoms with E-state index in [0.29, 0.717) is 0 Å². The van der Waals surface area contributed by atoms with Crippen molar-refractivity contribution >= 4 is 5.57 Å². The molecule has 0 unspecified atom stereocenters. The van der Waals surface area contributed by atoms with Crippen molar-refractivity contribution in [2.75, 3.05) is 0 Å². The van der Waals surface area contributed by atoms with E-state index in [2.05, 4.69) is 56.3 Å². The Labute approximate surface area is 87.0 Å². The second-order valence-corrected chi connectivity index (χ2v) is 3.29. The summed E-state index contributed by atoms with van der Waals surface area (Å²) in [6, 6.07) is 8.77. The molecule has 0 spiro atoms. The molecule has 1 rings (SSSR count). The maximum Gasteiger partial charge on any atom is -0.0187 e. The van der Waals surface area contributed by atoms with Gasteiger partial charge in [-0.1, -0.05) is 49.4 Å². The van der Waals surface area contributed by atoms with E-state index in [4.69, 9.17) is 0 Å². The Morgan fingerprint density at radius 3 is 2.21 bits per heavy atom. The monoisotopic (exact) mass is 186 g/mol. The quantitative estimate of drug-likeness (QED) is 0.620. The van der Waals surface area contributed by atoms with Crippen LogP contribution in [0.2, 0.25) is 0 Å². The fourth-order valence-electron chi connectivity index (χ4n) is 1.47. The van der Waals surface area contributed by atoms with E-state index in [1.807, 2.05) is 6.92 Å². The lowest BCUT2D eigenvalue weighted by Gasteiger charge is -2.03. The molecule has 0 aliphatic rings. The van der Waals surface area contributed by atoms with Crippen LogP contribution in [0.1, 0.15) is 31.9 Å². The smallest absolute Gasteiger partial charge is 0.0187 e. The molecule has 1 aromatic rings. The van der Waals surface area contributed by atoms with Crippen molar-refractivity contribution in [1.82, 2.24) is 0 Å². The second kappa shape index (κ2) is 5.43. The van der Waals surface area contributed by atoms with Crippen molar-refractivity contribution < 1.29 is 0 Å². The third-order valence-electron chi connectivity index (χ3n) is 2.35. The van der Waals surface area contributed by atoms with Crippen LogP contribution in [0.15, 0.2) is 42.5 Å². The van der Waals surface area contributed by atoms with Crippen LogP contribution in [0.4, 0.5) is 0 Å². The SMILES string of the molecule is CC=CC(=CC)c1ccc(CC)cc1. The Hall–Kier alpha value is -1.30. The van der Waals surface area contributed by atoms with E-state index in [9.17, 15) is 0 Å². The molecule has 0 aliphatic heterocycles. The molecular formula is C14H18. The molecule has 0 amide bonds. The molecule has 0 nitrogen and oxygen atoms in total. The van der Waals surface area contributed by atoms with E-state index in [1.165, 1.54) is 16.7 Å². The van der Waals surface area contributed by atoms with E-state index >= 15 is 0 Å². The van der Waals surface area contributed by atoms with Gasteiger partial charge in [0.2, 0.25) is 0 Å². The molecule has 0 radical (unpaired) electrons. The number of aryl methyl sites for hydroxylation is 1. The minimum Gasteiger partial charge on any atom is -0.0871 e. The van der Waals surface area contributed by atoms with Gasteiger partial charge >= 0.3 is 0 Å². The zero-order valence-electron chi connectivity index (χ0n) is 9.25. The molecule has 1 aromatic carbocycles. The van der Waals surface area contributed by atoms with Crippen LogP contribution in [-0.4, -0.2) is 0 Å². The highest BCUT2D eigenvalue weighted by Gasteiger charge is 1.95. The second-order valence-electron chi connectivity index (χ2n) is 3.29. The summed E-state index contributed by atoms with van der Waals surface area (Å²) in [6.45, 7) is 6.30. The van der Waals surface area contributed by atoms with Gasteiger partial charge in [-0.05, 0) is 37.0 Å². The average molecular weight is 186 g/mol. The van der Waals surface area contributed by atoms with Crippen LogP contribution < -0.4 is 0 Å². The summed E-state index contributed by atoms with van der Waals surface area (Å²) in [6.07, 6.45) is 7.46. The maximum atomic E-state index is 2.20. The molecular weight excluding hydrogens is 168 g/mol. The fourth-order valence-corrected chi connectivity index (χ4v) is 1.47. The fraction of sp³-hybridized carbons (Fsp3) is 0.286. The van der Waals surface area contributed by atoms with E-state index < -0.39 is 0 Å². The number of hydrogen-bond donors (Lipinski definition) is 0. The van der Waals surface area contributed by atoms with Crippen LogP contribution >= 0.6 is 0 Å². The Morgan fingerprint density at radius 2 is 1.79 bits per heavy atom. The third-order valence-corrected chi connectivity index (χ3v) is 2.35. The summed E-state index contributed by atoms with van der Waals surface area (Å²) >= 11 is 0. The maximum absolute atomic E-state index is 2.20. The van der Waals surface area contributed by atoms with Gasteiger partial charge in [0.1, 0.15) is 0 Å². The van der Waals surface area contributed by atoms with Gasteiger partial charge in [-0.25, -0.2) is 0 Å². The van der Waals surface area contributed by atoms with E-state index in [-0.39, 0.29) is 0 Å². The summed E-state index contributed by atoms with van der Waals surface area (Å²) in [4.78, 5) is 0. The van der Waals surface area contributed by atoms with Gasteiger partial charge in [-0.3, -0.25) is 0 Å². The van der Waals surface area contributed by atoms with Gasteiger partial charge in [-0.2, -0.15) is 0 Å². The van der Waals surface area contributed by atoms with Crippen molar-refractivity contribution in [2.45, 2.75) is 27.2 Å². The number of benzene rings is 1. The van der Waals surface area contributed by atoms with Gasteiger partial charge in [-0.15, -0.1) is 0 Å². The van der Waals surface area contributed by atoms with Gasteiger partial charge in [0.05, 0.1) is 0 Å². The minimum atomic E-state index is 1.11. The number of allylic oxidation sites excluding steroid dienone is 4. The lowest BCUT2D eigenvalue weighted by atomic mass is 10.0. The largest absolute Gasteiger partial charge is 0.0871 e. The molecule has 0 heterocycles. The molecule has 0 bridgehead atoms. The predicted octanol–water partition coefficient (Wildman–Crippen LogP) is 4.23. The summed E-state index contributed by atoms with van der Waals surface area (Å²) in [7, 11) is 0. The Bertz CT molecular complexity index is 326. The standard InChI is InChI=1S/C14H18/c1-4-7-13(6-3)14-10-8-12(5-2)9-11-14/h4,6-11H,5H2,1-3H3. The Morgan fingerprint density at radius 1 is 1.14 bits per heavy atom. The third kappa shape index (κ3) is 2.59. The van der Waals surface area contributed by atoms with Crippen LogP contribution in [0, 0.1) is 0 Å². The van der Waals surface area contributed by atoms with Gasteiger partial charge in [0.25, 0.3) is 0 Å². The van der Waals surface area contributed by atoms with Crippen LogP contribution in [-0.2, 0) is 6.42 Å². The molecule has 0 fully saturated rings. The predicted molar refractivity (Wildman–Crippen MR) is 64.3 cm³/mol. The van der Waals surface area contributed by atoms with Crippen LogP contribution in [0.5, 0.6) is 0 Å². The van der Waals surface area contributed by atoms with Gasteiger partial charge < -0.3 is 0 Å². The molecule has 0 N–H and O–H groups in total. The topological polar surface area (TPSA) is 0 Å². The lowest BCUT2D eigenvalue weighted by Crippen LogP contribution is -1.83. The Balaban J connectivity index is 2.96. The van der Waals surface area contributed by atoms with Crippen molar-refractivity contribution in [1.29, 1.82) is 0 Å². The molecule has 0 saturated carbocycles. The Kier molecular flexibility index (Phi) is 4.18. The molecule has 0 atom stereocenters. The molecule has 0 saturated heterocycles. The molecule has 0 heteroatoms. The first kappa shape index (κ1) is 10.8. The zero-order chi connectivity index (χ0) is 10.4. The van der Waals surface area contributed by atoms with Crippen LogP contribution in [0.3, 0.4) is 0 Å². The summed E-state index contributed by atoms with van der Waals surface area (Å²) < 4.78 is 0.